The second kappa shape index (κ2) is 9.77. The molecule has 11 heteroatoms. The maximum atomic E-state index is 12.8. The Kier molecular flexibility index (Phi) is 7.63. The third kappa shape index (κ3) is 6.07. The first-order valence-corrected chi connectivity index (χ1v) is 9.68. The number of rotatable bonds is 8. The molecule has 2 amide bonds. The van der Waals surface area contributed by atoms with Crippen LogP contribution in [0.5, 0.6) is 0 Å². The van der Waals surface area contributed by atoms with Crippen LogP contribution in [-0.2, 0) is 15.8 Å². The summed E-state index contributed by atoms with van der Waals surface area (Å²) in [4.78, 5) is 36.7. The van der Waals surface area contributed by atoms with Crippen molar-refractivity contribution in [2.75, 3.05) is 25.0 Å². The molecule has 2 rings (SSSR count). The molecule has 0 radical (unpaired) electrons. The van der Waals surface area contributed by atoms with Crippen LogP contribution in [0.25, 0.3) is 0 Å². The number of anilines is 1. The van der Waals surface area contributed by atoms with E-state index >= 15 is 0 Å². The zero-order chi connectivity index (χ0) is 22.5. The van der Waals surface area contributed by atoms with E-state index in [1.165, 1.54) is 0 Å². The van der Waals surface area contributed by atoms with Crippen molar-refractivity contribution in [1.82, 2.24) is 10.2 Å². The fourth-order valence-electron chi connectivity index (χ4n) is 3.21. The van der Waals surface area contributed by atoms with E-state index in [9.17, 15) is 32.9 Å². The molecule has 1 aromatic carbocycles. The summed E-state index contributed by atoms with van der Waals surface area (Å²) in [6, 6.07) is 1.48. The molecule has 1 aliphatic rings. The van der Waals surface area contributed by atoms with Gasteiger partial charge in [-0.05, 0) is 30.9 Å². The fourth-order valence-corrected chi connectivity index (χ4v) is 3.21. The van der Waals surface area contributed by atoms with E-state index < -0.39 is 34.3 Å². The van der Waals surface area contributed by atoms with Crippen LogP contribution in [0, 0.1) is 16.0 Å². The van der Waals surface area contributed by atoms with Gasteiger partial charge < -0.3 is 15.5 Å². The summed E-state index contributed by atoms with van der Waals surface area (Å²) in [7, 11) is 0. The Balaban J connectivity index is 1.96. The van der Waals surface area contributed by atoms with Crippen molar-refractivity contribution in [3.8, 4) is 0 Å². The molecule has 0 bridgehead atoms. The minimum atomic E-state index is -4.70. The monoisotopic (exact) mass is 430 g/mol. The van der Waals surface area contributed by atoms with E-state index in [1.54, 1.807) is 4.90 Å². The first kappa shape index (κ1) is 23.4. The van der Waals surface area contributed by atoms with Crippen LogP contribution >= 0.6 is 0 Å². The molecule has 0 aliphatic carbocycles. The van der Waals surface area contributed by atoms with Gasteiger partial charge in [0.2, 0.25) is 11.8 Å². The fraction of sp³-hybridized carbons (Fsp3) is 0.579. The predicted molar refractivity (Wildman–Crippen MR) is 104 cm³/mol. The normalized spacial score (nSPS) is 15.2. The molecule has 1 fully saturated rings. The van der Waals surface area contributed by atoms with E-state index in [0.717, 1.165) is 25.0 Å². The molecule has 0 aromatic heterocycles. The minimum absolute atomic E-state index is 0.0409. The van der Waals surface area contributed by atoms with Crippen molar-refractivity contribution in [2.24, 2.45) is 5.92 Å². The number of alkyl halides is 3. The Hall–Kier alpha value is -2.85. The summed E-state index contributed by atoms with van der Waals surface area (Å²) < 4.78 is 38.3. The van der Waals surface area contributed by atoms with Crippen LogP contribution in [0.15, 0.2) is 18.2 Å². The minimum Gasteiger partial charge on any atom is -0.379 e. The first-order chi connectivity index (χ1) is 14.0. The second-order valence-corrected chi connectivity index (χ2v) is 7.49. The highest BCUT2D eigenvalue weighted by atomic mass is 19.4. The molecule has 166 valence electrons. The number of amides is 2. The molecule has 8 nitrogen and oxygen atoms in total. The van der Waals surface area contributed by atoms with Gasteiger partial charge in [-0.15, -0.1) is 0 Å². The second-order valence-electron chi connectivity index (χ2n) is 7.49. The van der Waals surface area contributed by atoms with E-state index in [1.807, 2.05) is 13.8 Å². The quantitative estimate of drug-likeness (QED) is 0.487. The average Bonchev–Trinajstić information content (AvgIpc) is 3.19. The molecule has 0 spiro atoms. The van der Waals surface area contributed by atoms with Crippen LogP contribution in [0.4, 0.5) is 24.5 Å². The lowest BCUT2D eigenvalue weighted by Gasteiger charge is -2.26. The third-order valence-corrected chi connectivity index (χ3v) is 4.86. The standard InChI is InChI=1S/C19H25F3N4O4/c1-12(2)17(18(28)25-9-3-4-10-25)24-16(27)7-8-23-14-6-5-13(19(20,21)22)11-15(14)26(29)30/h5-6,11-12,17,23H,3-4,7-10H2,1-2H3,(H,24,27)/t17-/m0/s1. The maximum absolute atomic E-state index is 12.8. The maximum Gasteiger partial charge on any atom is 0.416 e. The number of halogens is 3. The van der Waals surface area contributed by atoms with Crippen LogP contribution in [0.3, 0.4) is 0 Å². The van der Waals surface area contributed by atoms with Crippen molar-refractivity contribution in [3.05, 3.63) is 33.9 Å². The van der Waals surface area contributed by atoms with Gasteiger partial charge in [-0.1, -0.05) is 13.8 Å². The van der Waals surface area contributed by atoms with Gasteiger partial charge in [-0.3, -0.25) is 19.7 Å². The lowest BCUT2D eigenvalue weighted by Crippen LogP contribution is -2.50. The molecule has 1 aliphatic heterocycles. The number of hydrogen-bond acceptors (Lipinski definition) is 5. The summed E-state index contributed by atoms with van der Waals surface area (Å²) in [5, 5.41) is 16.4. The van der Waals surface area contributed by atoms with Gasteiger partial charge in [0.05, 0.1) is 10.5 Å². The number of benzene rings is 1. The van der Waals surface area contributed by atoms with Crippen LogP contribution in [0.1, 0.15) is 38.7 Å². The number of hydrogen-bond donors (Lipinski definition) is 2. The number of likely N-dealkylation sites (tertiary alicyclic amines) is 1. The predicted octanol–water partition coefficient (Wildman–Crippen LogP) is 3.18. The number of carbonyl (C=O) groups excluding carboxylic acids is 2. The Labute approximate surface area is 172 Å². The molecule has 0 unspecified atom stereocenters. The Morgan fingerprint density at radius 2 is 1.87 bits per heavy atom. The molecule has 1 saturated heterocycles. The number of nitro groups is 1. The zero-order valence-corrected chi connectivity index (χ0v) is 16.8. The van der Waals surface area contributed by atoms with E-state index in [4.69, 9.17) is 0 Å². The Morgan fingerprint density at radius 3 is 2.40 bits per heavy atom. The van der Waals surface area contributed by atoms with Gasteiger partial charge in [0.15, 0.2) is 0 Å². The molecule has 0 saturated carbocycles. The summed E-state index contributed by atoms with van der Waals surface area (Å²) in [5.74, 6) is -0.684. The highest BCUT2D eigenvalue weighted by Gasteiger charge is 2.33. The van der Waals surface area contributed by atoms with Crippen LogP contribution in [-0.4, -0.2) is 47.3 Å². The van der Waals surface area contributed by atoms with Crippen molar-refractivity contribution in [2.45, 2.75) is 45.3 Å². The number of nitro benzene ring substituents is 1. The first-order valence-electron chi connectivity index (χ1n) is 9.68. The lowest BCUT2D eigenvalue weighted by atomic mass is 10.0. The third-order valence-electron chi connectivity index (χ3n) is 4.86. The molecule has 1 aromatic rings. The van der Waals surface area contributed by atoms with Gasteiger partial charge in [0.25, 0.3) is 5.69 Å². The molecule has 2 N–H and O–H groups in total. The molecular formula is C19H25F3N4O4. The largest absolute Gasteiger partial charge is 0.416 e. The highest BCUT2D eigenvalue weighted by Crippen LogP contribution is 2.34. The summed E-state index contributed by atoms with van der Waals surface area (Å²) in [6.45, 7) is 4.93. The number of nitrogens with zero attached hydrogens (tertiary/aromatic N) is 2. The topological polar surface area (TPSA) is 105 Å². The van der Waals surface area contributed by atoms with E-state index in [-0.39, 0.29) is 30.5 Å². The van der Waals surface area contributed by atoms with Crippen molar-refractivity contribution >= 4 is 23.2 Å². The zero-order valence-electron chi connectivity index (χ0n) is 16.8. The average molecular weight is 430 g/mol. The van der Waals surface area contributed by atoms with Gasteiger partial charge >= 0.3 is 6.18 Å². The van der Waals surface area contributed by atoms with E-state index in [2.05, 4.69) is 10.6 Å². The van der Waals surface area contributed by atoms with Crippen molar-refractivity contribution < 1.29 is 27.7 Å². The lowest BCUT2D eigenvalue weighted by molar-refractivity contribution is -0.384. The molecule has 1 heterocycles. The van der Waals surface area contributed by atoms with Crippen molar-refractivity contribution in [3.63, 3.8) is 0 Å². The molecule has 1 atom stereocenters. The highest BCUT2D eigenvalue weighted by molar-refractivity contribution is 5.88. The SMILES string of the molecule is CC(C)[C@H](NC(=O)CCNc1ccc(C(F)(F)F)cc1[N+](=O)[O-])C(=O)N1CCCC1. The summed E-state index contributed by atoms with van der Waals surface area (Å²) in [6.07, 6.45) is -2.94. The van der Waals surface area contributed by atoms with Gasteiger partial charge in [0, 0.05) is 32.1 Å². The summed E-state index contributed by atoms with van der Waals surface area (Å²) >= 11 is 0. The number of carbonyl (C=O) groups is 2. The number of nitrogens with one attached hydrogen (secondary N) is 2. The van der Waals surface area contributed by atoms with Gasteiger partial charge in [-0.25, -0.2) is 0 Å². The summed E-state index contributed by atoms with van der Waals surface area (Å²) in [5.41, 5.74) is -1.97. The smallest absolute Gasteiger partial charge is 0.379 e. The van der Waals surface area contributed by atoms with Crippen LogP contribution < -0.4 is 10.6 Å². The molecular weight excluding hydrogens is 405 g/mol. The molecule has 30 heavy (non-hydrogen) atoms. The van der Waals surface area contributed by atoms with Gasteiger partial charge in [0.1, 0.15) is 11.7 Å². The van der Waals surface area contributed by atoms with E-state index in [0.29, 0.717) is 19.2 Å². The Morgan fingerprint density at radius 1 is 1.23 bits per heavy atom. The van der Waals surface area contributed by atoms with Gasteiger partial charge in [-0.2, -0.15) is 13.2 Å². The van der Waals surface area contributed by atoms with Crippen molar-refractivity contribution in [1.29, 1.82) is 0 Å². The van der Waals surface area contributed by atoms with Crippen LogP contribution in [0.2, 0.25) is 0 Å². The Bertz CT molecular complexity index is 792.